The fraction of sp³-hybridized carbons (Fsp3) is 0.333. The molecule has 70 valence electrons. The van der Waals surface area contributed by atoms with E-state index < -0.39 is 5.60 Å². The van der Waals surface area contributed by atoms with Gasteiger partial charge in [0.1, 0.15) is 5.60 Å². The first-order chi connectivity index (χ1) is 6.13. The van der Waals surface area contributed by atoms with Crippen LogP contribution in [-0.4, -0.2) is 18.3 Å². The normalized spacial score (nSPS) is 19.6. The monoisotopic (exact) mass is 218 g/mol. The molecule has 0 bridgehead atoms. The van der Waals surface area contributed by atoms with E-state index in [1.807, 2.05) is 0 Å². The summed E-state index contributed by atoms with van der Waals surface area (Å²) in [5.74, 6) is 0. The van der Waals surface area contributed by atoms with Crippen molar-refractivity contribution in [1.82, 2.24) is 0 Å². The minimum absolute atomic E-state index is 0.260. The highest BCUT2D eigenvalue weighted by Crippen LogP contribution is 2.38. The number of aliphatic hydroxyl groups is 1. The number of hydrogen-bond acceptors (Lipinski definition) is 2. The van der Waals surface area contributed by atoms with E-state index in [1.54, 1.807) is 18.2 Å². The van der Waals surface area contributed by atoms with Gasteiger partial charge in [-0.25, -0.2) is 0 Å². The lowest BCUT2D eigenvalue weighted by Crippen LogP contribution is -2.46. The second-order valence-electron chi connectivity index (χ2n) is 3.12. The SMILES string of the molecule is OC1(c2c(Cl)cccc2Cl)COC1. The maximum Gasteiger partial charge on any atom is 0.139 e. The largest absolute Gasteiger partial charge is 0.380 e. The Kier molecular flexibility index (Phi) is 2.24. The van der Waals surface area contributed by atoms with Gasteiger partial charge in [-0.3, -0.25) is 0 Å². The Morgan fingerprint density at radius 1 is 1.23 bits per heavy atom. The van der Waals surface area contributed by atoms with Gasteiger partial charge in [-0.05, 0) is 12.1 Å². The first-order valence-electron chi connectivity index (χ1n) is 3.88. The van der Waals surface area contributed by atoms with Gasteiger partial charge in [0.15, 0.2) is 0 Å². The summed E-state index contributed by atoms with van der Waals surface area (Å²) < 4.78 is 4.93. The van der Waals surface area contributed by atoms with E-state index in [2.05, 4.69) is 0 Å². The molecule has 0 aromatic heterocycles. The molecule has 1 heterocycles. The molecule has 2 nitrogen and oxygen atoms in total. The number of benzene rings is 1. The zero-order chi connectivity index (χ0) is 9.47. The van der Waals surface area contributed by atoms with Crippen LogP contribution in [0.1, 0.15) is 5.56 Å². The van der Waals surface area contributed by atoms with Crippen molar-refractivity contribution < 1.29 is 9.84 Å². The van der Waals surface area contributed by atoms with Gasteiger partial charge in [0.2, 0.25) is 0 Å². The number of ether oxygens (including phenoxy) is 1. The smallest absolute Gasteiger partial charge is 0.139 e. The second kappa shape index (κ2) is 3.14. The third-order valence-electron chi connectivity index (χ3n) is 2.11. The van der Waals surface area contributed by atoms with Crippen molar-refractivity contribution in [2.75, 3.05) is 13.2 Å². The molecule has 4 heteroatoms. The van der Waals surface area contributed by atoms with E-state index in [-0.39, 0.29) is 13.2 Å². The van der Waals surface area contributed by atoms with E-state index in [1.165, 1.54) is 0 Å². The topological polar surface area (TPSA) is 29.5 Å². The quantitative estimate of drug-likeness (QED) is 0.784. The highest BCUT2D eigenvalue weighted by Gasteiger charge is 2.41. The lowest BCUT2D eigenvalue weighted by Gasteiger charge is -2.37. The lowest BCUT2D eigenvalue weighted by molar-refractivity contribution is -0.184. The Morgan fingerprint density at radius 2 is 1.77 bits per heavy atom. The van der Waals surface area contributed by atoms with Gasteiger partial charge in [-0.1, -0.05) is 29.3 Å². The highest BCUT2D eigenvalue weighted by molar-refractivity contribution is 6.36. The third kappa shape index (κ3) is 1.44. The fourth-order valence-corrected chi connectivity index (χ4v) is 2.13. The highest BCUT2D eigenvalue weighted by atomic mass is 35.5. The third-order valence-corrected chi connectivity index (χ3v) is 2.74. The van der Waals surface area contributed by atoms with Crippen LogP contribution in [0.4, 0.5) is 0 Å². The summed E-state index contributed by atoms with van der Waals surface area (Å²) in [4.78, 5) is 0. The van der Waals surface area contributed by atoms with Crippen LogP contribution in [0.5, 0.6) is 0 Å². The molecule has 1 fully saturated rings. The minimum Gasteiger partial charge on any atom is -0.380 e. The van der Waals surface area contributed by atoms with Gasteiger partial charge >= 0.3 is 0 Å². The Morgan fingerprint density at radius 3 is 2.15 bits per heavy atom. The van der Waals surface area contributed by atoms with Crippen molar-refractivity contribution in [2.24, 2.45) is 0 Å². The Balaban J connectivity index is 2.49. The van der Waals surface area contributed by atoms with Crippen LogP contribution >= 0.6 is 23.2 Å². The van der Waals surface area contributed by atoms with Gasteiger partial charge in [-0.15, -0.1) is 0 Å². The average Bonchev–Trinajstić information content (AvgIpc) is 2.01. The summed E-state index contributed by atoms with van der Waals surface area (Å²) in [6.45, 7) is 0.521. The predicted octanol–water partition coefficient (Wildman–Crippen LogP) is 2.21. The molecule has 2 rings (SSSR count). The summed E-state index contributed by atoms with van der Waals surface area (Å²) in [5.41, 5.74) is -0.417. The van der Waals surface area contributed by atoms with Crippen LogP contribution in [0.15, 0.2) is 18.2 Å². The van der Waals surface area contributed by atoms with Crippen molar-refractivity contribution >= 4 is 23.2 Å². The van der Waals surface area contributed by atoms with Crippen molar-refractivity contribution in [2.45, 2.75) is 5.60 Å². The summed E-state index contributed by atoms with van der Waals surface area (Å²) >= 11 is 11.9. The lowest BCUT2D eigenvalue weighted by atomic mass is 9.92. The maximum absolute atomic E-state index is 9.95. The van der Waals surface area contributed by atoms with Crippen LogP contribution in [-0.2, 0) is 10.3 Å². The van der Waals surface area contributed by atoms with Crippen molar-refractivity contribution in [3.63, 3.8) is 0 Å². The average molecular weight is 219 g/mol. The molecule has 1 aliphatic heterocycles. The molecule has 1 aromatic carbocycles. The molecular weight excluding hydrogens is 211 g/mol. The first kappa shape index (κ1) is 9.28. The molecular formula is C9H8Cl2O2. The molecule has 0 aliphatic carbocycles. The second-order valence-corrected chi connectivity index (χ2v) is 3.94. The van der Waals surface area contributed by atoms with Gasteiger partial charge in [0.05, 0.1) is 13.2 Å². The van der Waals surface area contributed by atoms with Crippen LogP contribution in [0, 0.1) is 0 Å². The molecule has 0 radical (unpaired) electrons. The molecule has 1 N–H and O–H groups in total. The summed E-state index contributed by atoms with van der Waals surface area (Å²) in [6, 6.07) is 5.16. The van der Waals surface area contributed by atoms with Crippen molar-refractivity contribution in [3.05, 3.63) is 33.8 Å². The zero-order valence-electron chi connectivity index (χ0n) is 6.76. The Bertz CT molecular complexity index is 314. The first-order valence-corrected chi connectivity index (χ1v) is 4.64. The van der Waals surface area contributed by atoms with Crippen LogP contribution in [0.3, 0.4) is 0 Å². The minimum atomic E-state index is -0.991. The van der Waals surface area contributed by atoms with Crippen LogP contribution in [0.25, 0.3) is 0 Å². The molecule has 1 aliphatic rings. The summed E-state index contributed by atoms with van der Waals surface area (Å²) in [6.07, 6.45) is 0. The molecule has 0 atom stereocenters. The van der Waals surface area contributed by atoms with Crippen molar-refractivity contribution in [3.8, 4) is 0 Å². The molecule has 0 unspecified atom stereocenters. The fourth-order valence-electron chi connectivity index (χ4n) is 1.38. The van der Waals surface area contributed by atoms with E-state index in [9.17, 15) is 5.11 Å². The van der Waals surface area contributed by atoms with Gasteiger partial charge < -0.3 is 9.84 Å². The zero-order valence-corrected chi connectivity index (χ0v) is 8.27. The molecule has 13 heavy (non-hydrogen) atoms. The Hall–Kier alpha value is -0.280. The maximum atomic E-state index is 9.95. The predicted molar refractivity (Wildman–Crippen MR) is 51.2 cm³/mol. The molecule has 1 aromatic rings. The standard InChI is InChI=1S/C9H8Cl2O2/c10-6-2-1-3-7(11)8(6)9(12)4-13-5-9/h1-3,12H,4-5H2. The number of rotatable bonds is 1. The van der Waals surface area contributed by atoms with Gasteiger partial charge in [0, 0.05) is 15.6 Å². The number of halogens is 2. The van der Waals surface area contributed by atoms with Crippen molar-refractivity contribution in [1.29, 1.82) is 0 Å². The van der Waals surface area contributed by atoms with Crippen LogP contribution in [0.2, 0.25) is 10.0 Å². The van der Waals surface area contributed by atoms with E-state index >= 15 is 0 Å². The van der Waals surface area contributed by atoms with Gasteiger partial charge in [-0.2, -0.15) is 0 Å². The van der Waals surface area contributed by atoms with E-state index in [0.717, 1.165) is 0 Å². The molecule has 0 amide bonds. The van der Waals surface area contributed by atoms with Crippen LogP contribution < -0.4 is 0 Å². The molecule has 0 saturated carbocycles. The summed E-state index contributed by atoms with van der Waals surface area (Å²) in [7, 11) is 0. The van der Waals surface area contributed by atoms with E-state index in [0.29, 0.717) is 15.6 Å². The van der Waals surface area contributed by atoms with E-state index in [4.69, 9.17) is 27.9 Å². The molecule has 0 spiro atoms. The summed E-state index contributed by atoms with van der Waals surface area (Å²) in [5, 5.41) is 10.9. The Labute approximate surface area is 86.0 Å². The molecule has 1 saturated heterocycles. The number of hydrogen-bond donors (Lipinski definition) is 1. The van der Waals surface area contributed by atoms with Gasteiger partial charge in [0.25, 0.3) is 0 Å².